The van der Waals surface area contributed by atoms with Crippen molar-refractivity contribution in [3.8, 4) is 0 Å². The molecule has 1 N–H and O–H groups in total. The molecule has 0 bridgehead atoms. The maximum absolute atomic E-state index is 12.7. The van der Waals surface area contributed by atoms with Crippen LogP contribution in [-0.2, 0) is 12.3 Å². The predicted molar refractivity (Wildman–Crippen MR) is 104 cm³/mol. The molecule has 136 valence electrons. The van der Waals surface area contributed by atoms with Crippen molar-refractivity contribution in [1.29, 1.82) is 0 Å². The molecule has 0 aliphatic heterocycles. The van der Waals surface area contributed by atoms with Crippen molar-refractivity contribution in [1.82, 2.24) is 14.9 Å². The monoisotopic (exact) mass is 371 g/mol. The number of carbonyl (C=O) groups excluding carboxylic acids is 1. The number of nitrogens with one attached hydrogen (secondary N) is 1. The van der Waals surface area contributed by atoms with Crippen LogP contribution in [0.4, 0.5) is 0 Å². The van der Waals surface area contributed by atoms with E-state index in [9.17, 15) is 9.59 Å². The molecule has 0 aliphatic rings. The van der Waals surface area contributed by atoms with Crippen LogP contribution in [0.2, 0.25) is 0 Å². The fourth-order valence-electron chi connectivity index (χ4n) is 2.66. The SMILES string of the molecule is CCn1cc(C(=O)NCCSCc2ccco2)c(=O)c2ccc(C)nc21. The first-order valence-electron chi connectivity index (χ1n) is 8.49. The van der Waals surface area contributed by atoms with Crippen molar-refractivity contribution in [3.05, 3.63) is 64.0 Å². The van der Waals surface area contributed by atoms with Crippen molar-refractivity contribution in [2.75, 3.05) is 12.3 Å². The first-order valence-corrected chi connectivity index (χ1v) is 9.64. The minimum atomic E-state index is -0.349. The van der Waals surface area contributed by atoms with Gasteiger partial charge in [-0.05, 0) is 38.1 Å². The van der Waals surface area contributed by atoms with Crippen LogP contribution in [0.1, 0.15) is 28.7 Å². The highest BCUT2D eigenvalue weighted by Gasteiger charge is 2.15. The number of carbonyl (C=O) groups is 1. The molecule has 0 aliphatic carbocycles. The van der Waals surface area contributed by atoms with E-state index < -0.39 is 0 Å². The molecule has 1 amide bonds. The fourth-order valence-corrected chi connectivity index (χ4v) is 3.42. The molecule has 26 heavy (non-hydrogen) atoms. The second-order valence-electron chi connectivity index (χ2n) is 5.87. The molecular formula is C19H21N3O3S. The van der Waals surface area contributed by atoms with Gasteiger partial charge in [0.15, 0.2) is 0 Å². The Morgan fingerprint density at radius 2 is 2.19 bits per heavy atom. The number of nitrogens with zero attached hydrogens (tertiary/aromatic N) is 2. The third-order valence-corrected chi connectivity index (χ3v) is 4.98. The molecule has 0 aromatic carbocycles. The zero-order chi connectivity index (χ0) is 18.5. The molecule has 0 fully saturated rings. The van der Waals surface area contributed by atoms with Gasteiger partial charge >= 0.3 is 0 Å². The van der Waals surface area contributed by atoms with Crippen molar-refractivity contribution >= 4 is 28.7 Å². The average molecular weight is 371 g/mol. The molecular weight excluding hydrogens is 350 g/mol. The molecule has 3 heterocycles. The van der Waals surface area contributed by atoms with E-state index in [1.165, 1.54) is 0 Å². The van der Waals surface area contributed by atoms with Crippen LogP contribution in [-0.4, -0.2) is 27.8 Å². The fraction of sp³-hybridized carbons (Fsp3) is 0.316. The summed E-state index contributed by atoms with van der Waals surface area (Å²) in [7, 11) is 0. The van der Waals surface area contributed by atoms with Crippen LogP contribution in [0.3, 0.4) is 0 Å². The third kappa shape index (κ3) is 3.99. The Bertz CT molecular complexity index is 964. The van der Waals surface area contributed by atoms with Crippen LogP contribution in [0.5, 0.6) is 0 Å². The Labute approximate surface area is 155 Å². The summed E-state index contributed by atoms with van der Waals surface area (Å²) in [5.41, 5.74) is 1.33. The van der Waals surface area contributed by atoms with Crippen LogP contribution >= 0.6 is 11.8 Å². The molecule has 0 saturated heterocycles. The standard InChI is InChI=1S/C19H21N3O3S/c1-3-22-11-16(17(23)15-7-6-13(2)21-18(15)22)19(24)20-8-10-26-12-14-5-4-9-25-14/h4-7,9,11H,3,8,10,12H2,1-2H3,(H,20,24). The van der Waals surface area contributed by atoms with Gasteiger partial charge < -0.3 is 14.3 Å². The molecule has 3 rings (SSSR count). The highest BCUT2D eigenvalue weighted by atomic mass is 32.2. The van der Waals surface area contributed by atoms with Gasteiger partial charge in [-0.3, -0.25) is 9.59 Å². The van der Waals surface area contributed by atoms with Gasteiger partial charge in [0.25, 0.3) is 5.91 Å². The second kappa shape index (κ2) is 8.23. The minimum absolute atomic E-state index is 0.154. The number of pyridine rings is 2. The highest BCUT2D eigenvalue weighted by Crippen LogP contribution is 2.12. The summed E-state index contributed by atoms with van der Waals surface area (Å²) < 4.78 is 7.10. The van der Waals surface area contributed by atoms with E-state index in [1.807, 2.05) is 30.5 Å². The summed E-state index contributed by atoms with van der Waals surface area (Å²) in [6.45, 7) is 4.96. The van der Waals surface area contributed by atoms with Crippen LogP contribution in [0.15, 0.2) is 45.9 Å². The molecule has 0 spiro atoms. The lowest BCUT2D eigenvalue weighted by Crippen LogP contribution is -2.31. The number of rotatable bonds is 7. The summed E-state index contributed by atoms with van der Waals surface area (Å²) in [5, 5.41) is 3.29. The largest absolute Gasteiger partial charge is 0.468 e. The van der Waals surface area contributed by atoms with Crippen LogP contribution in [0.25, 0.3) is 11.0 Å². The average Bonchev–Trinajstić information content (AvgIpc) is 3.15. The second-order valence-corrected chi connectivity index (χ2v) is 6.97. The Hall–Kier alpha value is -2.54. The van der Waals surface area contributed by atoms with Crippen molar-refractivity contribution in [2.45, 2.75) is 26.1 Å². The summed E-state index contributed by atoms with van der Waals surface area (Å²) in [5.74, 6) is 2.05. The number of hydrogen-bond donors (Lipinski definition) is 1. The maximum atomic E-state index is 12.7. The van der Waals surface area contributed by atoms with Gasteiger partial charge in [0.1, 0.15) is 17.0 Å². The van der Waals surface area contributed by atoms with Crippen molar-refractivity contribution < 1.29 is 9.21 Å². The Balaban J connectivity index is 1.69. The lowest BCUT2D eigenvalue weighted by molar-refractivity contribution is 0.0954. The van der Waals surface area contributed by atoms with E-state index in [-0.39, 0.29) is 16.9 Å². The molecule has 0 radical (unpaired) electrons. The van der Waals surface area contributed by atoms with Gasteiger partial charge in [-0.1, -0.05) is 0 Å². The third-order valence-electron chi connectivity index (χ3n) is 4.00. The van der Waals surface area contributed by atoms with E-state index in [1.54, 1.807) is 36.4 Å². The van der Waals surface area contributed by atoms with Crippen molar-refractivity contribution in [2.24, 2.45) is 0 Å². The molecule has 0 atom stereocenters. The number of aryl methyl sites for hydroxylation is 2. The molecule has 7 heteroatoms. The van der Waals surface area contributed by atoms with Gasteiger partial charge in [0, 0.05) is 30.7 Å². The van der Waals surface area contributed by atoms with Gasteiger partial charge in [-0.2, -0.15) is 11.8 Å². The van der Waals surface area contributed by atoms with Gasteiger partial charge in [0.2, 0.25) is 5.43 Å². The zero-order valence-corrected chi connectivity index (χ0v) is 15.6. The summed E-state index contributed by atoms with van der Waals surface area (Å²) in [6.07, 6.45) is 3.24. The quantitative estimate of drug-likeness (QED) is 0.646. The number of thioether (sulfide) groups is 1. The molecule has 3 aromatic rings. The number of hydrogen-bond acceptors (Lipinski definition) is 5. The maximum Gasteiger partial charge on any atom is 0.256 e. The van der Waals surface area contributed by atoms with E-state index >= 15 is 0 Å². The first-order chi connectivity index (χ1) is 12.6. The Morgan fingerprint density at radius 3 is 2.92 bits per heavy atom. The van der Waals surface area contributed by atoms with E-state index in [2.05, 4.69) is 10.3 Å². The molecule has 6 nitrogen and oxygen atoms in total. The van der Waals surface area contributed by atoms with Gasteiger partial charge in [-0.25, -0.2) is 4.98 Å². The summed E-state index contributed by atoms with van der Waals surface area (Å²) >= 11 is 1.66. The van der Waals surface area contributed by atoms with E-state index in [0.717, 1.165) is 23.0 Å². The number of furan rings is 1. The number of fused-ring (bicyclic) bond motifs is 1. The minimum Gasteiger partial charge on any atom is -0.468 e. The first kappa shape index (κ1) is 18.3. The smallest absolute Gasteiger partial charge is 0.256 e. The van der Waals surface area contributed by atoms with Crippen molar-refractivity contribution in [3.63, 3.8) is 0 Å². The lowest BCUT2D eigenvalue weighted by Gasteiger charge is -2.11. The normalized spacial score (nSPS) is 11.0. The Kier molecular flexibility index (Phi) is 5.78. The van der Waals surface area contributed by atoms with Crippen LogP contribution < -0.4 is 10.7 Å². The van der Waals surface area contributed by atoms with Gasteiger partial charge in [0.05, 0.1) is 17.4 Å². The number of amides is 1. The van der Waals surface area contributed by atoms with Gasteiger partial charge in [-0.15, -0.1) is 0 Å². The predicted octanol–water partition coefficient (Wildman–Crippen LogP) is 2.98. The molecule has 0 saturated carbocycles. The van der Waals surface area contributed by atoms with E-state index in [0.29, 0.717) is 24.1 Å². The zero-order valence-electron chi connectivity index (χ0n) is 14.8. The summed E-state index contributed by atoms with van der Waals surface area (Å²) in [6, 6.07) is 7.30. The molecule has 0 unspecified atom stereocenters. The molecule has 3 aromatic heterocycles. The summed E-state index contributed by atoms with van der Waals surface area (Å²) in [4.78, 5) is 29.6. The lowest BCUT2D eigenvalue weighted by atomic mass is 10.1. The highest BCUT2D eigenvalue weighted by molar-refractivity contribution is 7.98. The topological polar surface area (TPSA) is 77.1 Å². The number of aromatic nitrogens is 2. The van der Waals surface area contributed by atoms with E-state index in [4.69, 9.17) is 4.42 Å². The van der Waals surface area contributed by atoms with Crippen LogP contribution in [0, 0.1) is 6.92 Å². The Morgan fingerprint density at radius 1 is 1.35 bits per heavy atom.